The molecule has 1 aromatic heterocycles. The molecular weight excluding hydrogens is 246 g/mol. The fourth-order valence-corrected chi connectivity index (χ4v) is 4.19. The van der Waals surface area contributed by atoms with Crippen LogP contribution >= 0.6 is 11.8 Å². The molecule has 0 bridgehead atoms. The molecule has 2 N–H and O–H groups in total. The minimum atomic E-state index is -3.46. The Balaban J connectivity index is 2.35. The molecule has 7 heteroatoms. The largest absolute Gasteiger partial charge is 0.383 e. The number of nitrogens with two attached hydrogens (primary N) is 1. The summed E-state index contributed by atoms with van der Waals surface area (Å²) in [5.74, 6) is 1.74. The van der Waals surface area contributed by atoms with Crippen molar-refractivity contribution < 1.29 is 8.42 Å². The molecule has 0 atom stereocenters. The third kappa shape index (κ3) is 2.16. The van der Waals surface area contributed by atoms with Gasteiger partial charge in [-0.2, -0.15) is 16.1 Å². The zero-order valence-electron chi connectivity index (χ0n) is 8.67. The molecule has 2 rings (SSSR count). The van der Waals surface area contributed by atoms with Crippen molar-refractivity contribution in [2.75, 3.05) is 30.3 Å². The summed E-state index contributed by atoms with van der Waals surface area (Å²) in [4.78, 5) is 3.92. The Labute approximate surface area is 99.1 Å². The lowest BCUT2D eigenvalue weighted by atomic mass is 10.5. The van der Waals surface area contributed by atoms with Crippen molar-refractivity contribution in [3.63, 3.8) is 0 Å². The lowest BCUT2D eigenvalue weighted by Gasteiger charge is -2.25. The molecule has 88 valence electrons. The number of sulfonamides is 1. The zero-order valence-corrected chi connectivity index (χ0v) is 10.3. The highest BCUT2D eigenvalue weighted by molar-refractivity contribution is 7.99. The van der Waals surface area contributed by atoms with E-state index in [4.69, 9.17) is 5.73 Å². The van der Waals surface area contributed by atoms with E-state index in [1.54, 1.807) is 17.8 Å². The van der Waals surface area contributed by atoms with Crippen molar-refractivity contribution in [1.29, 1.82) is 0 Å². The maximum absolute atomic E-state index is 12.2. The third-order valence-corrected chi connectivity index (χ3v) is 5.28. The van der Waals surface area contributed by atoms with E-state index in [1.807, 2.05) is 0 Å². The summed E-state index contributed by atoms with van der Waals surface area (Å²) in [6.45, 7) is 1.09. The van der Waals surface area contributed by atoms with Crippen LogP contribution in [-0.4, -0.2) is 42.3 Å². The van der Waals surface area contributed by atoms with E-state index >= 15 is 0 Å². The van der Waals surface area contributed by atoms with Gasteiger partial charge in [-0.05, 0) is 12.1 Å². The highest BCUT2D eigenvalue weighted by Crippen LogP contribution is 2.22. The van der Waals surface area contributed by atoms with Crippen LogP contribution in [0.4, 0.5) is 5.82 Å². The molecule has 0 amide bonds. The minimum absolute atomic E-state index is 0.0701. The van der Waals surface area contributed by atoms with Crippen molar-refractivity contribution >= 4 is 27.6 Å². The average molecular weight is 259 g/mol. The first-order valence-corrected chi connectivity index (χ1v) is 7.50. The quantitative estimate of drug-likeness (QED) is 0.832. The van der Waals surface area contributed by atoms with E-state index in [2.05, 4.69) is 4.98 Å². The standard InChI is InChI=1S/C9H13N3O2S2/c10-9-8(2-1-3-11-9)16(13,14)12-4-6-15-7-5-12/h1-3H,4-7H2,(H2,10,11). The second-order valence-electron chi connectivity index (χ2n) is 3.40. The van der Waals surface area contributed by atoms with Gasteiger partial charge in [0.05, 0.1) is 0 Å². The van der Waals surface area contributed by atoms with Crippen molar-refractivity contribution in [3.05, 3.63) is 18.3 Å². The third-order valence-electron chi connectivity index (χ3n) is 2.39. The van der Waals surface area contributed by atoms with Crippen LogP contribution in [0.25, 0.3) is 0 Å². The maximum Gasteiger partial charge on any atom is 0.246 e. The molecule has 1 aliphatic heterocycles. The van der Waals surface area contributed by atoms with E-state index in [1.165, 1.54) is 16.6 Å². The van der Waals surface area contributed by atoms with E-state index in [9.17, 15) is 8.42 Å². The Morgan fingerprint density at radius 2 is 2.06 bits per heavy atom. The second-order valence-corrected chi connectivity index (χ2v) is 6.53. The molecule has 0 aromatic carbocycles. The molecule has 1 aromatic rings. The number of pyridine rings is 1. The molecule has 16 heavy (non-hydrogen) atoms. The van der Waals surface area contributed by atoms with Crippen molar-refractivity contribution in [2.24, 2.45) is 0 Å². The van der Waals surface area contributed by atoms with Gasteiger partial charge in [0.1, 0.15) is 10.7 Å². The number of aromatic nitrogens is 1. The number of hydrogen-bond donors (Lipinski definition) is 1. The van der Waals surface area contributed by atoms with E-state index in [0.29, 0.717) is 13.1 Å². The Bertz CT molecular complexity index is 469. The first-order chi connectivity index (χ1) is 7.62. The Morgan fingerprint density at radius 3 is 2.69 bits per heavy atom. The Morgan fingerprint density at radius 1 is 1.38 bits per heavy atom. The van der Waals surface area contributed by atoms with Gasteiger partial charge in [-0.3, -0.25) is 0 Å². The van der Waals surface area contributed by atoms with Crippen LogP contribution in [0.15, 0.2) is 23.2 Å². The van der Waals surface area contributed by atoms with Crippen LogP contribution in [-0.2, 0) is 10.0 Å². The van der Waals surface area contributed by atoms with Gasteiger partial charge in [-0.1, -0.05) is 0 Å². The summed E-state index contributed by atoms with van der Waals surface area (Å²) >= 11 is 1.76. The molecule has 0 saturated carbocycles. The molecule has 5 nitrogen and oxygen atoms in total. The van der Waals surface area contributed by atoms with Gasteiger partial charge in [-0.15, -0.1) is 0 Å². The number of thioether (sulfide) groups is 1. The number of rotatable bonds is 2. The summed E-state index contributed by atoms with van der Waals surface area (Å²) in [6.07, 6.45) is 1.49. The summed E-state index contributed by atoms with van der Waals surface area (Å²) < 4.78 is 25.9. The number of anilines is 1. The molecule has 1 saturated heterocycles. The van der Waals surface area contributed by atoms with Crippen molar-refractivity contribution in [2.45, 2.75) is 4.90 Å². The van der Waals surface area contributed by atoms with Gasteiger partial charge in [0.2, 0.25) is 10.0 Å². The average Bonchev–Trinajstić information content (AvgIpc) is 2.30. The van der Waals surface area contributed by atoms with Gasteiger partial charge >= 0.3 is 0 Å². The van der Waals surface area contributed by atoms with Crippen LogP contribution in [0.5, 0.6) is 0 Å². The SMILES string of the molecule is Nc1ncccc1S(=O)(=O)N1CCSCC1. The molecule has 0 spiro atoms. The summed E-state index contributed by atoms with van der Waals surface area (Å²) in [5.41, 5.74) is 5.59. The molecule has 0 aliphatic carbocycles. The van der Waals surface area contributed by atoms with Gasteiger partial charge in [0.15, 0.2) is 0 Å². The van der Waals surface area contributed by atoms with Crippen LogP contribution in [0, 0.1) is 0 Å². The Hall–Kier alpha value is -0.790. The van der Waals surface area contributed by atoms with E-state index < -0.39 is 10.0 Å². The van der Waals surface area contributed by atoms with Crippen LogP contribution in [0.3, 0.4) is 0 Å². The monoisotopic (exact) mass is 259 g/mol. The molecule has 0 unspecified atom stereocenters. The van der Waals surface area contributed by atoms with Crippen molar-refractivity contribution in [1.82, 2.24) is 9.29 Å². The normalized spacial score (nSPS) is 18.5. The zero-order chi connectivity index (χ0) is 11.6. The van der Waals surface area contributed by atoms with E-state index in [-0.39, 0.29) is 10.7 Å². The second kappa shape index (κ2) is 4.60. The smallest absolute Gasteiger partial charge is 0.246 e. The van der Waals surface area contributed by atoms with Crippen LogP contribution in [0.1, 0.15) is 0 Å². The molecule has 2 heterocycles. The number of nitrogen functional groups attached to an aromatic ring is 1. The number of nitrogens with zero attached hydrogens (tertiary/aromatic N) is 2. The molecule has 1 fully saturated rings. The first-order valence-electron chi connectivity index (χ1n) is 4.91. The van der Waals surface area contributed by atoms with Crippen LogP contribution < -0.4 is 5.73 Å². The fraction of sp³-hybridized carbons (Fsp3) is 0.444. The lowest BCUT2D eigenvalue weighted by Crippen LogP contribution is -2.38. The van der Waals surface area contributed by atoms with E-state index in [0.717, 1.165) is 11.5 Å². The van der Waals surface area contributed by atoms with Crippen molar-refractivity contribution in [3.8, 4) is 0 Å². The van der Waals surface area contributed by atoms with Gasteiger partial charge in [0, 0.05) is 30.8 Å². The predicted octanol–water partition coefficient (Wildman–Crippen LogP) is 0.401. The first kappa shape index (κ1) is 11.7. The highest BCUT2D eigenvalue weighted by atomic mass is 32.2. The molecular formula is C9H13N3O2S2. The predicted molar refractivity (Wildman–Crippen MR) is 64.7 cm³/mol. The van der Waals surface area contributed by atoms with Crippen LogP contribution in [0.2, 0.25) is 0 Å². The summed E-state index contributed by atoms with van der Waals surface area (Å²) in [6, 6.07) is 3.08. The summed E-state index contributed by atoms with van der Waals surface area (Å²) in [7, 11) is -3.46. The topological polar surface area (TPSA) is 76.3 Å². The highest BCUT2D eigenvalue weighted by Gasteiger charge is 2.27. The maximum atomic E-state index is 12.2. The lowest BCUT2D eigenvalue weighted by molar-refractivity contribution is 0.443. The minimum Gasteiger partial charge on any atom is -0.383 e. The number of hydrogen-bond acceptors (Lipinski definition) is 5. The fourth-order valence-electron chi connectivity index (χ4n) is 1.55. The van der Waals surface area contributed by atoms with Gasteiger partial charge in [0.25, 0.3) is 0 Å². The molecule has 0 radical (unpaired) electrons. The van der Waals surface area contributed by atoms with Gasteiger partial charge < -0.3 is 5.73 Å². The molecule has 1 aliphatic rings. The van der Waals surface area contributed by atoms with Gasteiger partial charge in [-0.25, -0.2) is 13.4 Å². The summed E-state index contributed by atoms with van der Waals surface area (Å²) in [5, 5.41) is 0. The Kier molecular flexibility index (Phi) is 3.36.